The van der Waals surface area contributed by atoms with E-state index in [0.717, 1.165) is 30.1 Å². The van der Waals surface area contributed by atoms with Gasteiger partial charge in [-0.25, -0.2) is 4.98 Å². The number of aliphatic hydroxyl groups is 1. The molecule has 1 aliphatic heterocycles. The molecule has 4 rings (SSSR count). The van der Waals surface area contributed by atoms with E-state index in [1.165, 1.54) is 32.1 Å². The number of hydrogen-bond donors (Lipinski definition) is 1. The third-order valence-corrected chi connectivity index (χ3v) is 7.32. The molecule has 0 aromatic carbocycles. The topological polar surface area (TPSA) is 78.8 Å². The first-order chi connectivity index (χ1) is 16.5. The average Bonchev–Trinajstić information content (AvgIpc) is 2.86. The van der Waals surface area contributed by atoms with Crippen LogP contribution in [0.5, 0.6) is 5.88 Å². The van der Waals surface area contributed by atoms with Crippen molar-refractivity contribution in [3.63, 3.8) is 0 Å². The zero-order valence-electron chi connectivity index (χ0n) is 20.7. The molecule has 0 unspecified atom stereocenters. The van der Waals surface area contributed by atoms with Crippen LogP contribution in [-0.4, -0.2) is 76.2 Å². The number of amides is 1. The largest absolute Gasteiger partial charge is 0.472 e. The Bertz CT molecular complexity index is 948. The second kappa shape index (κ2) is 11.3. The van der Waals surface area contributed by atoms with Crippen molar-refractivity contribution in [2.75, 3.05) is 33.3 Å². The molecule has 34 heavy (non-hydrogen) atoms. The number of nitrogens with zero attached hydrogens (tertiary/aromatic N) is 4. The van der Waals surface area contributed by atoms with Crippen molar-refractivity contribution in [1.29, 1.82) is 0 Å². The second-order valence-electron chi connectivity index (χ2n) is 10.2. The summed E-state index contributed by atoms with van der Waals surface area (Å²) in [6, 6.07) is 5.37. The summed E-state index contributed by atoms with van der Waals surface area (Å²) in [7, 11) is 2.17. The second-order valence-corrected chi connectivity index (χ2v) is 10.2. The number of hydrogen-bond acceptors (Lipinski definition) is 6. The quantitative estimate of drug-likeness (QED) is 0.667. The Morgan fingerprint density at radius 1 is 1.18 bits per heavy atom. The van der Waals surface area contributed by atoms with Crippen LogP contribution in [0, 0.1) is 11.8 Å². The molecule has 2 aromatic heterocycles. The molecule has 0 radical (unpaired) electrons. The van der Waals surface area contributed by atoms with Crippen LogP contribution in [0.25, 0.3) is 11.1 Å². The van der Waals surface area contributed by atoms with Gasteiger partial charge in [0, 0.05) is 49.7 Å². The zero-order valence-corrected chi connectivity index (χ0v) is 20.7. The fourth-order valence-electron chi connectivity index (χ4n) is 5.21. The van der Waals surface area contributed by atoms with E-state index in [-0.39, 0.29) is 30.6 Å². The zero-order chi connectivity index (χ0) is 24.1. The summed E-state index contributed by atoms with van der Waals surface area (Å²) >= 11 is 0. The van der Waals surface area contributed by atoms with Crippen molar-refractivity contribution in [2.24, 2.45) is 11.8 Å². The predicted octanol–water partition coefficient (Wildman–Crippen LogP) is 3.88. The highest BCUT2D eigenvalue weighted by atomic mass is 16.5. The molecular formula is C27H38N4O3. The molecule has 7 nitrogen and oxygen atoms in total. The molecule has 1 fully saturated rings. The first-order valence-electron chi connectivity index (χ1n) is 12.6. The third kappa shape index (κ3) is 5.76. The van der Waals surface area contributed by atoms with E-state index in [1.807, 2.05) is 25.1 Å². The van der Waals surface area contributed by atoms with Crippen molar-refractivity contribution in [2.45, 2.75) is 58.1 Å². The number of rotatable bonds is 7. The van der Waals surface area contributed by atoms with Crippen LogP contribution < -0.4 is 4.74 Å². The van der Waals surface area contributed by atoms with Crippen LogP contribution in [0.1, 0.15) is 56.3 Å². The molecule has 184 valence electrons. The molecule has 7 heteroatoms. The van der Waals surface area contributed by atoms with Gasteiger partial charge in [0.25, 0.3) is 5.91 Å². The van der Waals surface area contributed by atoms with E-state index >= 15 is 0 Å². The number of aliphatic hydroxyl groups excluding tert-OH is 1. The highest BCUT2D eigenvalue weighted by Gasteiger charge is 2.34. The smallest absolute Gasteiger partial charge is 0.259 e. The molecule has 0 saturated heterocycles. The Kier molecular flexibility index (Phi) is 8.16. The molecule has 2 aliphatic rings. The standard InChI is InChI=1S/C27H38N4O3/c1-19-15-31(20(2)18-32)27(33)24-13-23(22-9-11-28-12-10-22)14-29-26(24)34-25(19)17-30(3)16-21-7-5-4-6-8-21/h9-14,19-21,25,32H,4-8,15-18H2,1-3H3/t19-,20-,25+/m0/s1. The number of aromatic nitrogens is 2. The number of carbonyl (C=O) groups is 1. The van der Waals surface area contributed by atoms with Crippen LogP contribution in [0.15, 0.2) is 36.8 Å². The van der Waals surface area contributed by atoms with Crippen molar-refractivity contribution >= 4 is 5.91 Å². The van der Waals surface area contributed by atoms with Gasteiger partial charge >= 0.3 is 0 Å². The highest BCUT2D eigenvalue weighted by Crippen LogP contribution is 2.31. The maximum absolute atomic E-state index is 13.6. The van der Waals surface area contributed by atoms with Gasteiger partial charge in [0.05, 0.1) is 12.6 Å². The van der Waals surface area contributed by atoms with E-state index in [4.69, 9.17) is 4.74 Å². The van der Waals surface area contributed by atoms with Gasteiger partial charge in [0.2, 0.25) is 5.88 Å². The number of pyridine rings is 2. The first kappa shape index (κ1) is 24.6. The summed E-state index contributed by atoms with van der Waals surface area (Å²) in [5, 5.41) is 9.87. The van der Waals surface area contributed by atoms with Gasteiger partial charge in [-0.3, -0.25) is 9.78 Å². The van der Waals surface area contributed by atoms with E-state index in [2.05, 4.69) is 28.8 Å². The lowest BCUT2D eigenvalue weighted by Gasteiger charge is -2.38. The Balaban J connectivity index is 1.61. The monoisotopic (exact) mass is 466 g/mol. The van der Waals surface area contributed by atoms with Crippen LogP contribution in [0.3, 0.4) is 0 Å². The fraction of sp³-hybridized carbons (Fsp3) is 0.593. The van der Waals surface area contributed by atoms with Gasteiger partial charge in [-0.05, 0) is 56.5 Å². The number of fused-ring (bicyclic) bond motifs is 1. The minimum Gasteiger partial charge on any atom is -0.472 e. The van der Waals surface area contributed by atoms with E-state index in [0.29, 0.717) is 18.0 Å². The van der Waals surface area contributed by atoms with Crippen molar-refractivity contribution in [1.82, 2.24) is 19.8 Å². The molecule has 1 amide bonds. The summed E-state index contributed by atoms with van der Waals surface area (Å²) < 4.78 is 6.46. The summed E-state index contributed by atoms with van der Waals surface area (Å²) in [5.74, 6) is 1.08. The lowest BCUT2D eigenvalue weighted by atomic mass is 9.89. The summed E-state index contributed by atoms with van der Waals surface area (Å²) in [4.78, 5) is 26.4. The number of carbonyl (C=O) groups excluding carboxylic acids is 1. The molecule has 2 aromatic rings. The molecular weight excluding hydrogens is 428 g/mol. The van der Waals surface area contributed by atoms with Crippen LogP contribution in [0.4, 0.5) is 0 Å². The molecule has 1 N–H and O–H groups in total. The van der Waals surface area contributed by atoms with E-state index in [1.54, 1.807) is 23.5 Å². The van der Waals surface area contributed by atoms with E-state index in [9.17, 15) is 9.90 Å². The summed E-state index contributed by atoms with van der Waals surface area (Å²) in [6.07, 6.45) is 11.8. The molecule has 1 aliphatic carbocycles. The highest BCUT2D eigenvalue weighted by molar-refractivity contribution is 5.98. The Morgan fingerprint density at radius 2 is 1.91 bits per heavy atom. The van der Waals surface area contributed by atoms with Crippen LogP contribution >= 0.6 is 0 Å². The summed E-state index contributed by atoms with van der Waals surface area (Å²) in [5.41, 5.74) is 2.23. The molecule has 3 atom stereocenters. The SMILES string of the molecule is C[C@H]1CN([C@@H](C)CO)C(=O)c2cc(-c3ccncc3)cnc2O[C@@H]1CN(C)CC1CCCCC1. The maximum Gasteiger partial charge on any atom is 0.259 e. The van der Waals surface area contributed by atoms with Gasteiger partial charge < -0.3 is 19.6 Å². The lowest BCUT2D eigenvalue weighted by molar-refractivity contribution is 0.0314. The average molecular weight is 467 g/mol. The van der Waals surface area contributed by atoms with Crippen LogP contribution in [-0.2, 0) is 0 Å². The number of likely N-dealkylation sites (N-methyl/N-ethyl adjacent to an activating group) is 1. The first-order valence-corrected chi connectivity index (χ1v) is 12.6. The normalized spacial score (nSPS) is 22.6. The fourth-order valence-corrected chi connectivity index (χ4v) is 5.21. The number of ether oxygens (including phenoxy) is 1. The third-order valence-electron chi connectivity index (χ3n) is 7.32. The minimum atomic E-state index is -0.286. The van der Waals surface area contributed by atoms with Gasteiger partial charge in [-0.2, -0.15) is 0 Å². The van der Waals surface area contributed by atoms with Gasteiger partial charge in [-0.1, -0.05) is 26.2 Å². The van der Waals surface area contributed by atoms with E-state index < -0.39 is 0 Å². The maximum atomic E-state index is 13.6. The Labute approximate surface area is 203 Å². The predicted molar refractivity (Wildman–Crippen MR) is 133 cm³/mol. The molecule has 1 saturated carbocycles. The lowest BCUT2D eigenvalue weighted by Crippen LogP contribution is -2.50. The van der Waals surface area contributed by atoms with Crippen molar-refractivity contribution in [3.8, 4) is 17.0 Å². The minimum absolute atomic E-state index is 0.0849. The van der Waals surface area contributed by atoms with Crippen molar-refractivity contribution in [3.05, 3.63) is 42.4 Å². The van der Waals surface area contributed by atoms with Gasteiger partial charge in [0.15, 0.2) is 0 Å². The van der Waals surface area contributed by atoms with Gasteiger partial charge in [0.1, 0.15) is 11.7 Å². The molecule has 0 spiro atoms. The molecule has 3 heterocycles. The molecule has 0 bridgehead atoms. The van der Waals surface area contributed by atoms with Crippen molar-refractivity contribution < 1.29 is 14.6 Å². The van der Waals surface area contributed by atoms with Crippen LogP contribution in [0.2, 0.25) is 0 Å². The Hall–Kier alpha value is -2.51. The summed E-state index contributed by atoms with van der Waals surface area (Å²) in [6.45, 7) is 6.31. The Morgan fingerprint density at radius 3 is 2.62 bits per heavy atom. The van der Waals surface area contributed by atoms with Gasteiger partial charge in [-0.15, -0.1) is 0 Å².